The molecule has 0 radical (unpaired) electrons. The first-order valence-electron chi connectivity index (χ1n) is 8.30. The molecule has 1 aliphatic rings. The molecule has 0 saturated heterocycles. The van der Waals surface area contributed by atoms with Crippen LogP contribution in [0.15, 0.2) is 95.5 Å². The van der Waals surface area contributed by atoms with Crippen LogP contribution < -0.4 is 0 Å². The second-order valence-corrected chi connectivity index (χ2v) is 6.21. The summed E-state index contributed by atoms with van der Waals surface area (Å²) in [5.74, 6) is 0. The summed E-state index contributed by atoms with van der Waals surface area (Å²) in [4.78, 5) is 4.97. The second-order valence-electron chi connectivity index (χ2n) is 6.21. The van der Waals surface area contributed by atoms with E-state index in [1.54, 1.807) is 0 Å². The fourth-order valence-corrected chi connectivity index (χ4v) is 3.05. The first kappa shape index (κ1) is 14.6. The van der Waals surface area contributed by atoms with Crippen molar-refractivity contribution in [3.05, 3.63) is 102 Å². The molecule has 0 bridgehead atoms. The van der Waals surface area contributed by atoms with E-state index in [1.807, 2.05) is 6.07 Å². The predicted octanol–water partition coefficient (Wildman–Crippen LogP) is 6.02. The van der Waals surface area contributed by atoms with Crippen LogP contribution in [0.3, 0.4) is 0 Å². The van der Waals surface area contributed by atoms with Crippen molar-refractivity contribution in [2.24, 2.45) is 4.99 Å². The summed E-state index contributed by atoms with van der Waals surface area (Å²) in [6.07, 6.45) is 5.35. The lowest BCUT2D eigenvalue weighted by Crippen LogP contribution is -1.97. The number of hydrogen-bond acceptors (Lipinski definition) is 1. The van der Waals surface area contributed by atoms with Crippen LogP contribution in [0.25, 0.3) is 16.5 Å². The molecule has 24 heavy (non-hydrogen) atoms. The summed E-state index contributed by atoms with van der Waals surface area (Å²) in [5, 5.41) is 2.51. The van der Waals surface area contributed by atoms with E-state index in [4.69, 9.17) is 4.99 Å². The predicted molar refractivity (Wildman–Crippen MR) is 103 cm³/mol. The number of hydrogen-bond donors (Lipinski definition) is 0. The van der Waals surface area contributed by atoms with Crippen molar-refractivity contribution in [3.8, 4) is 0 Å². The minimum Gasteiger partial charge on any atom is -0.248 e. The van der Waals surface area contributed by atoms with Gasteiger partial charge in [0.15, 0.2) is 0 Å². The molecule has 1 heteroatoms. The van der Waals surface area contributed by atoms with Crippen LogP contribution in [0.5, 0.6) is 0 Å². The summed E-state index contributed by atoms with van der Waals surface area (Å²) < 4.78 is 0. The quantitative estimate of drug-likeness (QED) is 0.549. The molecule has 3 aromatic rings. The summed E-state index contributed by atoms with van der Waals surface area (Å²) in [6.45, 7) is 2.16. The zero-order chi connectivity index (χ0) is 16.4. The first-order chi connectivity index (χ1) is 11.8. The van der Waals surface area contributed by atoms with Crippen LogP contribution in [0.2, 0.25) is 0 Å². The van der Waals surface area contributed by atoms with E-state index in [9.17, 15) is 0 Å². The summed E-state index contributed by atoms with van der Waals surface area (Å²) in [5.41, 5.74) is 5.74. The molecule has 1 nitrogen and oxygen atoms in total. The van der Waals surface area contributed by atoms with Crippen molar-refractivity contribution in [1.82, 2.24) is 0 Å². The first-order valence-corrected chi connectivity index (χ1v) is 8.30. The van der Waals surface area contributed by atoms with Crippen molar-refractivity contribution >= 4 is 22.2 Å². The van der Waals surface area contributed by atoms with Gasteiger partial charge in [-0.3, -0.25) is 0 Å². The lowest BCUT2D eigenvalue weighted by molar-refractivity contribution is 1.22. The minimum absolute atomic E-state index is 0.933. The number of nitrogens with zero attached hydrogens (tertiary/aromatic N) is 1. The molecule has 0 aliphatic carbocycles. The standard InChI is InChI=1S/C23H19N/c1-17-11-14-22(24-23(15-17)19-8-3-2-4-9-19)21-13-12-18-7-5-6-10-20(18)16-21/h2-10,12-16H,11H2,1H3. The average Bonchev–Trinajstić information content (AvgIpc) is 2.84. The van der Waals surface area contributed by atoms with E-state index in [2.05, 4.69) is 85.8 Å². The number of rotatable bonds is 2. The monoisotopic (exact) mass is 309 g/mol. The molecule has 0 unspecified atom stereocenters. The van der Waals surface area contributed by atoms with E-state index in [0.717, 1.165) is 23.4 Å². The van der Waals surface area contributed by atoms with Gasteiger partial charge in [-0.05, 0) is 36.3 Å². The molecule has 0 fully saturated rings. The van der Waals surface area contributed by atoms with Gasteiger partial charge in [0, 0.05) is 11.1 Å². The van der Waals surface area contributed by atoms with Crippen LogP contribution >= 0.6 is 0 Å². The van der Waals surface area contributed by atoms with Gasteiger partial charge in [-0.15, -0.1) is 0 Å². The van der Waals surface area contributed by atoms with Crippen LogP contribution in [0.4, 0.5) is 0 Å². The van der Waals surface area contributed by atoms with Crippen LogP contribution in [-0.2, 0) is 0 Å². The topological polar surface area (TPSA) is 12.4 Å². The van der Waals surface area contributed by atoms with Gasteiger partial charge in [0.1, 0.15) is 0 Å². The van der Waals surface area contributed by atoms with Gasteiger partial charge >= 0.3 is 0 Å². The van der Waals surface area contributed by atoms with E-state index in [-0.39, 0.29) is 0 Å². The molecule has 116 valence electrons. The van der Waals surface area contributed by atoms with Crippen molar-refractivity contribution in [3.63, 3.8) is 0 Å². The number of fused-ring (bicyclic) bond motifs is 1. The van der Waals surface area contributed by atoms with Crippen molar-refractivity contribution < 1.29 is 0 Å². The highest BCUT2D eigenvalue weighted by molar-refractivity contribution is 6.11. The average molecular weight is 309 g/mol. The molecule has 0 spiro atoms. The van der Waals surface area contributed by atoms with Gasteiger partial charge in [0.05, 0.1) is 11.4 Å². The fraction of sp³-hybridized carbons (Fsp3) is 0.0870. The fourth-order valence-electron chi connectivity index (χ4n) is 3.05. The molecule has 1 aliphatic heterocycles. The maximum absolute atomic E-state index is 4.97. The Hall–Kier alpha value is -2.93. The SMILES string of the molecule is CC1=CC(c2ccccc2)=NC(c2ccc3ccccc3c2)=CC1. The molecular formula is C23H19N. The summed E-state index contributed by atoms with van der Waals surface area (Å²) in [6, 6.07) is 25.4. The molecule has 0 aromatic heterocycles. The van der Waals surface area contributed by atoms with Gasteiger partial charge < -0.3 is 0 Å². The Bertz CT molecular complexity index is 975. The van der Waals surface area contributed by atoms with E-state index in [1.165, 1.54) is 21.9 Å². The van der Waals surface area contributed by atoms with Crippen molar-refractivity contribution in [1.29, 1.82) is 0 Å². The van der Waals surface area contributed by atoms with Crippen molar-refractivity contribution in [2.75, 3.05) is 0 Å². The molecule has 0 N–H and O–H groups in total. The lowest BCUT2D eigenvalue weighted by atomic mass is 10.0. The zero-order valence-corrected chi connectivity index (χ0v) is 13.7. The number of benzene rings is 3. The Balaban J connectivity index is 1.81. The largest absolute Gasteiger partial charge is 0.248 e. The highest BCUT2D eigenvalue weighted by Gasteiger charge is 2.09. The third-order valence-electron chi connectivity index (χ3n) is 4.36. The van der Waals surface area contributed by atoms with Gasteiger partial charge in [-0.2, -0.15) is 0 Å². The van der Waals surface area contributed by atoms with Gasteiger partial charge in [-0.25, -0.2) is 4.99 Å². The number of allylic oxidation sites excluding steroid dienone is 3. The lowest BCUT2D eigenvalue weighted by Gasteiger charge is -2.06. The molecular weight excluding hydrogens is 290 g/mol. The van der Waals surface area contributed by atoms with Crippen LogP contribution in [0, 0.1) is 0 Å². The van der Waals surface area contributed by atoms with Gasteiger partial charge in [0.2, 0.25) is 0 Å². The third kappa shape index (κ3) is 2.93. The molecule has 0 amide bonds. The Morgan fingerprint density at radius 3 is 2.33 bits per heavy atom. The zero-order valence-electron chi connectivity index (χ0n) is 13.7. The van der Waals surface area contributed by atoms with E-state index in [0.29, 0.717) is 0 Å². The molecule has 3 aromatic carbocycles. The molecule has 0 saturated carbocycles. The molecule has 4 rings (SSSR count). The molecule has 1 heterocycles. The Labute approximate surface area is 142 Å². The van der Waals surface area contributed by atoms with Crippen LogP contribution in [0.1, 0.15) is 24.5 Å². The molecule has 0 atom stereocenters. The Morgan fingerprint density at radius 2 is 1.50 bits per heavy atom. The maximum Gasteiger partial charge on any atom is 0.0708 e. The summed E-state index contributed by atoms with van der Waals surface area (Å²) in [7, 11) is 0. The van der Waals surface area contributed by atoms with Gasteiger partial charge in [-0.1, -0.05) is 78.4 Å². The smallest absolute Gasteiger partial charge is 0.0708 e. The summed E-state index contributed by atoms with van der Waals surface area (Å²) >= 11 is 0. The minimum atomic E-state index is 0.933. The van der Waals surface area contributed by atoms with E-state index >= 15 is 0 Å². The van der Waals surface area contributed by atoms with Crippen molar-refractivity contribution in [2.45, 2.75) is 13.3 Å². The highest BCUT2D eigenvalue weighted by Crippen LogP contribution is 2.26. The highest BCUT2D eigenvalue weighted by atomic mass is 14.8. The van der Waals surface area contributed by atoms with Gasteiger partial charge in [0.25, 0.3) is 0 Å². The Kier molecular flexibility index (Phi) is 3.84. The normalized spacial score (nSPS) is 14.6. The number of aliphatic imine (C=N–C) groups is 1. The Morgan fingerprint density at radius 1 is 0.750 bits per heavy atom. The maximum atomic E-state index is 4.97. The third-order valence-corrected chi connectivity index (χ3v) is 4.36. The van der Waals surface area contributed by atoms with E-state index < -0.39 is 0 Å². The van der Waals surface area contributed by atoms with Crippen LogP contribution in [-0.4, -0.2) is 5.71 Å². The second kappa shape index (κ2) is 6.29.